The Morgan fingerprint density at radius 3 is 2.50 bits per heavy atom. The van der Waals surface area contributed by atoms with Gasteiger partial charge in [0.1, 0.15) is 11.2 Å². The van der Waals surface area contributed by atoms with E-state index >= 15 is 0 Å². The van der Waals surface area contributed by atoms with Gasteiger partial charge in [-0.1, -0.05) is 24.3 Å². The molecule has 2 rings (SSSR count). The van der Waals surface area contributed by atoms with Crippen molar-refractivity contribution in [3.8, 4) is 0 Å². The number of carbonyl (C=O) groups excluding carboxylic acids is 2. The summed E-state index contributed by atoms with van der Waals surface area (Å²) >= 11 is 3.27. The number of rotatable bonds is 7. The normalized spacial score (nSPS) is 23.4. The molecular weight excluding hydrogens is 342 g/mol. The van der Waals surface area contributed by atoms with E-state index in [0.29, 0.717) is 6.54 Å². The molecule has 1 fully saturated rings. The zero-order valence-electron chi connectivity index (χ0n) is 14.6. The lowest BCUT2D eigenvalue weighted by molar-refractivity contribution is -0.130. The maximum Gasteiger partial charge on any atom is 0.236 e. The van der Waals surface area contributed by atoms with E-state index in [9.17, 15) is 14.7 Å². The van der Waals surface area contributed by atoms with Crippen LogP contribution in [0.5, 0.6) is 0 Å². The van der Waals surface area contributed by atoms with Crippen molar-refractivity contribution in [3.05, 3.63) is 35.4 Å². The van der Waals surface area contributed by atoms with Gasteiger partial charge in [0.05, 0.1) is 17.1 Å². The highest BCUT2D eigenvalue weighted by molar-refractivity contribution is 8.01. The monoisotopic (exact) mass is 367 g/mol. The second kappa shape index (κ2) is 8.41. The molecule has 4 atom stereocenters. The van der Waals surface area contributed by atoms with Crippen LogP contribution < -0.4 is 0 Å². The molecule has 0 radical (unpaired) electrons. The van der Waals surface area contributed by atoms with Crippen molar-refractivity contribution >= 4 is 35.2 Å². The second-order valence-electron chi connectivity index (χ2n) is 6.08. The summed E-state index contributed by atoms with van der Waals surface area (Å²) in [5.41, 5.74) is 2.25. The molecule has 1 aromatic carbocycles. The van der Waals surface area contributed by atoms with Crippen LogP contribution in [0.4, 0.5) is 0 Å². The number of amides is 1. The van der Waals surface area contributed by atoms with Gasteiger partial charge in [0.15, 0.2) is 0 Å². The molecule has 0 bridgehead atoms. The van der Waals surface area contributed by atoms with Gasteiger partial charge in [0.25, 0.3) is 0 Å². The molecule has 0 aromatic heterocycles. The minimum absolute atomic E-state index is 0.0106. The topological polar surface area (TPSA) is 57.6 Å². The van der Waals surface area contributed by atoms with Gasteiger partial charge in [0.2, 0.25) is 5.91 Å². The van der Waals surface area contributed by atoms with E-state index < -0.39 is 0 Å². The number of hydrogen-bond donors (Lipinski definition) is 1. The Morgan fingerprint density at radius 1 is 1.33 bits per heavy atom. The fraction of sp³-hybridized carbons (Fsp3) is 0.556. The SMILES string of the molecule is CC(=O)C(C)SC(C)c1ccc(C2SC(C)C(=O)N2CCO)cc1. The molecule has 132 valence electrons. The minimum atomic E-state index is -0.0767. The van der Waals surface area contributed by atoms with Crippen LogP contribution in [0.2, 0.25) is 0 Å². The van der Waals surface area contributed by atoms with E-state index in [0.717, 1.165) is 5.56 Å². The Morgan fingerprint density at radius 2 is 1.96 bits per heavy atom. The van der Waals surface area contributed by atoms with E-state index in [1.165, 1.54) is 5.56 Å². The molecule has 1 N–H and O–H groups in total. The molecule has 1 heterocycles. The Bertz CT molecular complexity index is 590. The van der Waals surface area contributed by atoms with Crippen LogP contribution in [-0.4, -0.2) is 45.3 Å². The first-order valence-electron chi connectivity index (χ1n) is 8.17. The molecule has 1 aliphatic rings. The van der Waals surface area contributed by atoms with Gasteiger partial charge < -0.3 is 10.0 Å². The number of ketones is 1. The lowest BCUT2D eigenvalue weighted by Gasteiger charge is -2.24. The van der Waals surface area contributed by atoms with Crippen LogP contribution in [0, 0.1) is 0 Å². The van der Waals surface area contributed by atoms with Crippen LogP contribution in [0.3, 0.4) is 0 Å². The standard InChI is InChI=1S/C18H25NO3S2/c1-11(21)12(2)23-13(3)15-5-7-16(8-6-15)18-19(9-10-20)17(22)14(4)24-18/h5-8,12-14,18,20H,9-10H2,1-4H3. The molecule has 1 aliphatic heterocycles. The molecule has 4 unspecified atom stereocenters. The molecular formula is C18H25NO3S2. The first-order chi connectivity index (χ1) is 11.3. The van der Waals surface area contributed by atoms with Crippen molar-refractivity contribution in [2.75, 3.05) is 13.2 Å². The molecule has 0 aliphatic carbocycles. The smallest absolute Gasteiger partial charge is 0.236 e. The van der Waals surface area contributed by atoms with Gasteiger partial charge in [0, 0.05) is 11.8 Å². The first-order valence-corrected chi connectivity index (χ1v) is 10.1. The molecule has 1 aromatic rings. The minimum Gasteiger partial charge on any atom is -0.395 e. The van der Waals surface area contributed by atoms with Gasteiger partial charge in [-0.15, -0.1) is 23.5 Å². The highest BCUT2D eigenvalue weighted by atomic mass is 32.2. The van der Waals surface area contributed by atoms with Crippen LogP contribution in [0.15, 0.2) is 24.3 Å². The predicted molar refractivity (Wildman–Crippen MR) is 101 cm³/mol. The summed E-state index contributed by atoms with van der Waals surface area (Å²) in [5.74, 6) is 0.278. The summed E-state index contributed by atoms with van der Waals surface area (Å²) in [6.45, 7) is 7.92. The Hall–Kier alpha value is -0.980. The number of β-amino-alcohol motifs (C(OH)–C–C–N with tert-alkyl or cyclic N) is 1. The first kappa shape index (κ1) is 19.3. The number of hydrogen-bond acceptors (Lipinski definition) is 5. The van der Waals surface area contributed by atoms with Crippen molar-refractivity contribution in [2.24, 2.45) is 0 Å². The van der Waals surface area contributed by atoms with Crippen LogP contribution in [0.25, 0.3) is 0 Å². The van der Waals surface area contributed by atoms with Gasteiger partial charge in [-0.3, -0.25) is 9.59 Å². The number of thioether (sulfide) groups is 2. The Kier molecular flexibility index (Phi) is 6.78. The zero-order chi connectivity index (χ0) is 17.9. The number of aliphatic hydroxyl groups excluding tert-OH is 1. The summed E-state index contributed by atoms with van der Waals surface area (Å²) in [5, 5.41) is 9.32. The summed E-state index contributed by atoms with van der Waals surface area (Å²) in [4.78, 5) is 25.4. The molecule has 0 saturated carbocycles. The van der Waals surface area contributed by atoms with Crippen molar-refractivity contribution in [1.82, 2.24) is 4.90 Å². The van der Waals surface area contributed by atoms with E-state index in [2.05, 4.69) is 31.2 Å². The third kappa shape index (κ3) is 4.35. The summed E-state index contributed by atoms with van der Waals surface area (Å²) in [7, 11) is 0. The average Bonchev–Trinajstić information content (AvgIpc) is 2.83. The number of Topliss-reactive ketones (excluding diaryl/α,β-unsaturated/α-hetero) is 1. The third-order valence-electron chi connectivity index (χ3n) is 4.26. The Labute approximate surface area is 152 Å². The molecule has 24 heavy (non-hydrogen) atoms. The van der Waals surface area contributed by atoms with Crippen molar-refractivity contribution < 1.29 is 14.7 Å². The summed E-state index contributed by atoms with van der Waals surface area (Å²) < 4.78 is 0. The summed E-state index contributed by atoms with van der Waals surface area (Å²) in [6, 6.07) is 8.26. The van der Waals surface area contributed by atoms with Gasteiger partial charge in [-0.2, -0.15) is 0 Å². The van der Waals surface area contributed by atoms with Crippen LogP contribution in [-0.2, 0) is 9.59 Å². The highest BCUT2D eigenvalue weighted by Crippen LogP contribution is 2.43. The van der Waals surface area contributed by atoms with E-state index in [-0.39, 0.29) is 39.4 Å². The lowest BCUT2D eigenvalue weighted by atomic mass is 10.1. The van der Waals surface area contributed by atoms with Gasteiger partial charge in [-0.05, 0) is 38.8 Å². The van der Waals surface area contributed by atoms with Gasteiger partial charge >= 0.3 is 0 Å². The fourth-order valence-corrected chi connectivity index (χ4v) is 5.11. The largest absolute Gasteiger partial charge is 0.395 e. The highest BCUT2D eigenvalue weighted by Gasteiger charge is 2.37. The van der Waals surface area contributed by atoms with Gasteiger partial charge in [-0.25, -0.2) is 0 Å². The van der Waals surface area contributed by atoms with E-state index in [1.54, 1.807) is 35.3 Å². The number of nitrogens with zero attached hydrogens (tertiary/aromatic N) is 1. The molecule has 0 spiro atoms. The Balaban J connectivity index is 2.11. The third-order valence-corrected chi connectivity index (χ3v) is 7.07. The number of aliphatic hydroxyl groups is 1. The molecule has 4 nitrogen and oxygen atoms in total. The molecule has 1 amide bonds. The molecule has 6 heteroatoms. The maximum absolute atomic E-state index is 12.2. The lowest BCUT2D eigenvalue weighted by Crippen LogP contribution is -2.32. The van der Waals surface area contributed by atoms with E-state index in [1.807, 2.05) is 13.8 Å². The van der Waals surface area contributed by atoms with E-state index in [4.69, 9.17) is 0 Å². The van der Waals surface area contributed by atoms with Crippen LogP contribution >= 0.6 is 23.5 Å². The zero-order valence-corrected chi connectivity index (χ0v) is 16.2. The number of carbonyl (C=O) groups is 2. The predicted octanol–water partition coefficient (Wildman–Crippen LogP) is 3.41. The molecule has 1 saturated heterocycles. The second-order valence-corrected chi connectivity index (χ2v) is 9.20. The number of benzene rings is 1. The van der Waals surface area contributed by atoms with Crippen molar-refractivity contribution in [1.29, 1.82) is 0 Å². The van der Waals surface area contributed by atoms with Crippen LogP contribution in [0.1, 0.15) is 49.4 Å². The maximum atomic E-state index is 12.2. The van der Waals surface area contributed by atoms with Crippen molar-refractivity contribution in [3.63, 3.8) is 0 Å². The quantitative estimate of drug-likeness (QED) is 0.800. The fourth-order valence-electron chi connectivity index (χ4n) is 2.68. The average molecular weight is 368 g/mol. The summed E-state index contributed by atoms with van der Waals surface area (Å²) in [6.07, 6.45) is 0. The van der Waals surface area contributed by atoms with Crippen molar-refractivity contribution in [2.45, 2.75) is 48.8 Å².